The molecule has 0 spiro atoms. The summed E-state index contributed by atoms with van der Waals surface area (Å²) in [6, 6.07) is 10.6. The third-order valence-corrected chi connectivity index (χ3v) is 4.77. The van der Waals surface area contributed by atoms with Crippen molar-refractivity contribution in [2.24, 2.45) is 0 Å². The minimum Gasteiger partial charge on any atom is -0.493 e. The lowest BCUT2D eigenvalue weighted by Gasteiger charge is -2.12. The van der Waals surface area contributed by atoms with Crippen LogP contribution in [-0.2, 0) is 14.8 Å². The van der Waals surface area contributed by atoms with Crippen LogP contribution in [0.2, 0.25) is 0 Å². The third-order valence-electron chi connectivity index (χ3n) is 3.25. The maximum Gasteiger partial charge on any atom is 0.241 e. The number of rotatable bonds is 8. The number of methoxy groups -OCH3 is 1. The van der Waals surface area contributed by atoms with E-state index in [1.165, 1.54) is 0 Å². The van der Waals surface area contributed by atoms with Crippen molar-refractivity contribution in [1.29, 1.82) is 0 Å². The van der Waals surface area contributed by atoms with Gasteiger partial charge in [0, 0.05) is 31.0 Å². The molecular weight excluding hydrogens is 302 g/mol. The molecule has 2 rings (SSSR count). The van der Waals surface area contributed by atoms with Gasteiger partial charge in [-0.15, -0.1) is 0 Å². The van der Waals surface area contributed by atoms with Gasteiger partial charge in [0.05, 0.1) is 11.5 Å². The van der Waals surface area contributed by atoms with Crippen LogP contribution in [0, 0.1) is 0 Å². The number of hydrogen-bond acceptors (Lipinski definition) is 4. The molecule has 5 nitrogen and oxygen atoms in total. The second-order valence-corrected chi connectivity index (χ2v) is 6.52. The van der Waals surface area contributed by atoms with Crippen LogP contribution >= 0.6 is 0 Å². The normalized spacial score (nSPS) is 11.7. The van der Waals surface area contributed by atoms with Crippen molar-refractivity contribution in [3.05, 3.63) is 36.4 Å². The highest BCUT2D eigenvalue weighted by Gasteiger charge is 2.18. The fourth-order valence-corrected chi connectivity index (χ4v) is 3.54. The first-order valence-electron chi connectivity index (χ1n) is 7.23. The zero-order chi connectivity index (χ0) is 16.0. The minimum absolute atomic E-state index is 0.268. The van der Waals surface area contributed by atoms with Gasteiger partial charge in [-0.05, 0) is 25.5 Å². The Labute approximate surface area is 131 Å². The molecule has 0 radical (unpaired) electrons. The zero-order valence-electron chi connectivity index (χ0n) is 12.8. The summed E-state index contributed by atoms with van der Waals surface area (Å²) in [4.78, 5) is 0.268. The topological polar surface area (TPSA) is 64.6 Å². The Balaban J connectivity index is 2.37. The largest absolute Gasteiger partial charge is 0.493 e. The second kappa shape index (κ2) is 7.58. The number of benzene rings is 2. The maximum atomic E-state index is 12.5. The molecule has 0 unspecified atom stereocenters. The molecule has 22 heavy (non-hydrogen) atoms. The van der Waals surface area contributed by atoms with E-state index >= 15 is 0 Å². The number of ether oxygens (including phenoxy) is 2. The highest BCUT2D eigenvalue weighted by atomic mass is 32.2. The van der Waals surface area contributed by atoms with Crippen LogP contribution in [-0.4, -0.2) is 35.3 Å². The first-order chi connectivity index (χ1) is 10.6. The average Bonchev–Trinajstić information content (AvgIpc) is 2.52. The summed E-state index contributed by atoms with van der Waals surface area (Å²) < 4.78 is 38.1. The van der Waals surface area contributed by atoms with Crippen molar-refractivity contribution < 1.29 is 17.9 Å². The van der Waals surface area contributed by atoms with Crippen molar-refractivity contribution in [3.63, 3.8) is 0 Å². The monoisotopic (exact) mass is 323 g/mol. The SMILES string of the molecule is CCOc1ccc(S(=O)(=O)NCCCOC)c2ccccc12. The molecule has 0 atom stereocenters. The van der Waals surface area contributed by atoms with Crippen LogP contribution in [0.1, 0.15) is 13.3 Å². The van der Waals surface area contributed by atoms with E-state index in [9.17, 15) is 8.42 Å². The molecule has 1 N–H and O–H groups in total. The quantitative estimate of drug-likeness (QED) is 0.758. The molecule has 0 aliphatic heterocycles. The lowest BCUT2D eigenvalue weighted by atomic mass is 10.1. The summed E-state index contributed by atoms with van der Waals surface area (Å²) in [5.41, 5.74) is 0. The Morgan fingerprint density at radius 3 is 2.50 bits per heavy atom. The molecule has 6 heteroatoms. The van der Waals surface area contributed by atoms with Crippen LogP contribution in [0.15, 0.2) is 41.3 Å². The first-order valence-corrected chi connectivity index (χ1v) is 8.71. The number of nitrogens with one attached hydrogen (secondary N) is 1. The zero-order valence-corrected chi connectivity index (χ0v) is 13.7. The van der Waals surface area contributed by atoms with E-state index in [1.54, 1.807) is 25.3 Å². The van der Waals surface area contributed by atoms with E-state index in [0.717, 1.165) is 5.39 Å². The lowest BCUT2D eigenvalue weighted by Crippen LogP contribution is -2.25. The van der Waals surface area contributed by atoms with Gasteiger partial charge in [0.25, 0.3) is 0 Å². The summed E-state index contributed by atoms with van der Waals surface area (Å²) >= 11 is 0. The molecule has 0 saturated carbocycles. The molecule has 0 fully saturated rings. The summed E-state index contributed by atoms with van der Waals surface area (Å²) in [7, 11) is -1.97. The van der Waals surface area contributed by atoms with Crippen LogP contribution in [0.4, 0.5) is 0 Å². The molecule has 2 aromatic carbocycles. The van der Waals surface area contributed by atoms with Gasteiger partial charge in [-0.25, -0.2) is 13.1 Å². The molecule has 0 saturated heterocycles. The summed E-state index contributed by atoms with van der Waals surface area (Å²) in [5.74, 6) is 0.691. The van der Waals surface area contributed by atoms with E-state index < -0.39 is 10.0 Å². The molecule has 2 aromatic rings. The molecule has 0 amide bonds. The standard InChI is InChI=1S/C16H21NO4S/c1-3-21-15-9-10-16(14-8-5-4-7-13(14)15)22(18,19)17-11-6-12-20-2/h4-5,7-10,17H,3,6,11-12H2,1-2H3. The van der Waals surface area contributed by atoms with Crippen LogP contribution < -0.4 is 9.46 Å². The van der Waals surface area contributed by atoms with Gasteiger partial charge in [0.1, 0.15) is 5.75 Å². The molecule has 120 valence electrons. The van der Waals surface area contributed by atoms with Gasteiger partial charge in [0.15, 0.2) is 0 Å². The van der Waals surface area contributed by atoms with Crippen LogP contribution in [0.5, 0.6) is 5.75 Å². The Hall–Kier alpha value is -1.63. The van der Waals surface area contributed by atoms with Crippen molar-refractivity contribution in [1.82, 2.24) is 4.72 Å². The van der Waals surface area contributed by atoms with Crippen molar-refractivity contribution in [3.8, 4) is 5.75 Å². The average molecular weight is 323 g/mol. The Morgan fingerprint density at radius 2 is 1.82 bits per heavy atom. The summed E-state index contributed by atoms with van der Waals surface area (Å²) in [6.45, 7) is 3.30. The second-order valence-electron chi connectivity index (χ2n) is 4.78. The fraction of sp³-hybridized carbons (Fsp3) is 0.375. The van der Waals surface area contributed by atoms with Gasteiger partial charge in [0.2, 0.25) is 10.0 Å². The minimum atomic E-state index is -3.56. The molecule has 0 heterocycles. The predicted octanol–water partition coefficient (Wildman–Crippen LogP) is 2.55. The smallest absolute Gasteiger partial charge is 0.241 e. The van der Waals surface area contributed by atoms with Crippen molar-refractivity contribution >= 4 is 20.8 Å². The third kappa shape index (κ3) is 3.76. The van der Waals surface area contributed by atoms with Crippen LogP contribution in [0.25, 0.3) is 10.8 Å². The van der Waals surface area contributed by atoms with Gasteiger partial charge in [-0.3, -0.25) is 0 Å². The predicted molar refractivity (Wildman–Crippen MR) is 86.8 cm³/mol. The van der Waals surface area contributed by atoms with Gasteiger partial charge in [-0.1, -0.05) is 24.3 Å². The highest BCUT2D eigenvalue weighted by Crippen LogP contribution is 2.30. The Kier molecular flexibility index (Phi) is 5.76. The fourth-order valence-electron chi connectivity index (χ4n) is 2.26. The highest BCUT2D eigenvalue weighted by molar-refractivity contribution is 7.89. The molecule has 0 aromatic heterocycles. The Bertz CT molecular complexity index is 728. The number of hydrogen-bond donors (Lipinski definition) is 1. The van der Waals surface area contributed by atoms with Gasteiger partial charge in [-0.2, -0.15) is 0 Å². The summed E-state index contributed by atoms with van der Waals surface area (Å²) in [5, 5.41) is 1.46. The van der Waals surface area contributed by atoms with Crippen molar-refractivity contribution in [2.75, 3.05) is 26.9 Å². The van der Waals surface area contributed by atoms with Crippen molar-refractivity contribution in [2.45, 2.75) is 18.2 Å². The number of fused-ring (bicyclic) bond motifs is 1. The van der Waals surface area contributed by atoms with Gasteiger partial charge < -0.3 is 9.47 Å². The van der Waals surface area contributed by atoms with Gasteiger partial charge >= 0.3 is 0 Å². The lowest BCUT2D eigenvalue weighted by molar-refractivity contribution is 0.196. The van der Waals surface area contributed by atoms with Crippen LogP contribution in [0.3, 0.4) is 0 Å². The van der Waals surface area contributed by atoms with E-state index in [4.69, 9.17) is 9.47 Å². The Morgan fingerprint density at radius 1 is 1.09 bits per heavy atom. The molecule has 0 aliphatic carbocycles. The maximum absolute atomic E-state index is 12.5. The van der Waals surface area contributed by atoms with E-state index in [1.807, 2.05) is 25.1 Å². The van der Waals surface area contributed by atoms with E-state index in [-0.39, 0.29) is 4.90 Å². The molecule has 0 bridgehead atoms. The van der Waals surface area contributed by atoms with E-state index in [2.05, 4.69) is 4.72 Å². The first kappa shape index (κ1) is 16.7. The summed E-state index contributed by atoms with van der Waals surface area (Å²) in [6.07, 6.45) is 0.630. The molecular formula is C16H21NO4S. The van der Waals surface area contributed by atoms with E-state index in [0.29, 0.717) is 37.3 Å². The molecule has 0 aliphatic rings. The number of sulfonamides is 1.